The van der Waals surface area contributed by atoms with Crippen LogP contribution in [0.3, 0.4) is 0 Å². The number of nitrogens with one attached hydrogen (secondary N) is 1. The van der Waals surface area contributed by atoms with Gasteiger partial charge in [-0.2, -0.15) is 0 Å². The van der Waals surface area contributed by atoms with Crippen molar-refractivity contribution in [3.63, 3.8) is 0 Å². The number of hydrogen-bond acceptors (Lipinski definition) is 8. The molecule has 1 fully saturated rings. The van der Waals surface area contributed by atoms with Crippen molar-refractivity contribution < 1.29 is 38.5 Å². The van der Waals surface area contributed by atoms with E-state index in [1.807, 2.05) is 0 Å². The van der Waals surface area contributed by atoms with Crippen molar-refractivity contribution >= 4 is 23.4 Å². The Morgan fingerprint density at radius 2 is 1.93 bits per heavy atom. The Labute approximate surface area is 172 Å². The molecule has 0 saturated carbocycles. The summed E-state index contributed by atoms with van der Waals surface area (Å²) in [6, 6.07) is 7.89. The van der Waals surface area contributed by atoms with E-state index in [1.165, 1.54) is 25.1 Å². The highest BCUT2D eigenvalue weighted by Crippen LogP contribution is 2.43. The summed E-state index contributed by atoms with van der Waals surface area (Å²) in [4.78, 5) is 50.5. The van der Waals surface area contributed by atoms with Crippen molar-refractivity contribution in [2.45, 2.75) is 31.3 Å². The molecule has 1 saturated heterocycles. The standard InChI is InChI=1S/C21H21NO8/c1-4-29-15(23)11-10-14-12(2)16(24)20(30-14)18(26)21(28-3,22-19(20)27)17(25)13-8-6-5-7-9-13/h5-11,18,26H,4H2,1-3H3,(H,22,27)/b11-10-/t18-,20-,21-/m1/s1. The lowest BCUT2D eigenvalue weighted by Crippen LogP contribution is -2.60. The average Bonchev–Trinajstić information content (AvgIpc) is 3.14. The first-order valence-electron chi connectivity index (χ1n) is 9.19. The first-order chi connectivity index (χ1) is 14.2. The molecular weight excluding hydrogens is 394 g/mol. The van der Waals surface area contributed by atoms with Gasteiger partial charge in [-0.25, -0.2) is 4.79 Å². The molecular formula is C21H21NO8. The van der Waals surface area contributed by atoms with E-state index in [1.54, 1.807) is 25.1 Å². The molecule has 1 amide bonds. The highest BCUT2D eigenvalue weighted by Gasteiger charge is 2.73. The normalized spacial score (nSPS) is 28.2. The van der Waals surface area contributed by atoms with Crippen LogP contribution >= 0.6 is 0 Å². The molecule has 3 rings (SSSR count). The van der Waals surface area contributed by atoms with Crippen molar-refractivity contribution in [3.05, 3.63) is 59.4 Å². The number of carbonyl (C=O) groups excluding carboxylic acids is 4. The summed E-state index contributed by atoms with van der Waals surface area (Å²) in [5.74, 6) is -3.37. The number of benzene rings is 1. The van der Waals surface area contributed by atoms with E-state index >= 15 is 0 Å². The van der Waals surface area contributed by atoms with Gasteiger partial charge in [-0.1, -0.05) is 30.3 Å². The number of ether oxygens (including phenoxy) is 3. The van der Waals surface area contributed by atoms with E-state index in [0.717, 1.165) is 13.2 Å². The quantitative estimate of drug-likeness (QED) is 0.296. The van der Waals surface area contributed by atoms with Crippen LogP contribution in [-0.4, -0.2) is 59.7 Å². The van der Waals surface area contributed by atoms with Gasteiger partial charge in [0.05, 0.1) is 6.61 Å². The summed E-state index contributed by atoms with van der Waals surface area (Å²) in [7, 11) is 1.13. The highest BCUT2D eigenvalue weighted by atomic mass is 16.6. The van der Waals surface area contributed by atoms with Gasteiger partial charge in [0.1, 0.15) is 5.76 Å². The predicted octanol–water partition coefficient (Wildman–Crippen LogP) is 0.434. The van der Waals surface area contributed by atoms with E-state index < -0.39 is 40.9 Å². The number of methoxy groups -OCH3 is 1. The second-order valence-corrected chi connectivity index (χ2v) is 6.73. The third-order valence-electron chi connectivity index (χ3n) is 5.08. The van der Waals surface area contributed by atoms with Crippen LogP contribution in [0, 0.1) is 0 Å². The first kappa shape index (κ1) is 21.4. The van der Waals surface area contributed by atoms with Crippen LogP contribution in [0.15, 0.2) is 53.8 Å². The fraction of sp³-hybridized carbons (Fsp3) is 0.333. The van der Waals surface area contributed by atoms with E-state index in [4.69, 9.17) is 14.2 Å². The van der Waals surface area contributed by atoms with Crippen molar-refractivity contribution in [1.29, 1.82) is 0 Å². The third kappa shape index (κ3) is 3.03. The molecule has 9 heteroatoms. The largest absolute Gasteiger partial charge is 0.466 e. The fourth-order valence-electron chi connectivity index (χ4n) is 3.49. The highest BCUT2D eigenvalue weighted by molar-refractivity contribution is 6.23. The number of allylic oxidation sites excluding steroid dienone is 1. The van der Waals surface area contributed by atoms with Gasteiger partial charge >= 0.3 is 5.97 Å². The number of aliphatic hydroxyl groups is 1. The van der Waals surface area contributed by atoms with Crippen LogP contribution in [-0.2, 0) is 28.6 Å². The lowest BCUT2D eigenvalue weighted by Gasteiger charge is -2.32. The Morgan fingerprint density at radius 3 is 2.53 bits per heavy atom. The first-order valence-corrected chi connectivity index (χ1v) is 9.19. The van der Waals surface area contributed by atoms with Gasteiger partial charge in [0.25, 0.3) is 11.5 Å². The van der Waals surface area contributed by atoms with Gasteiger partial charge in [0.2, 0.25) is 17.3 Å². The van der Waals surface area contributed by atoms with Crippen LogP contribution in [0.1, 0.15) is 24.2 Å². The number of aliphatic hydroxyl groups excluding tert-OH is 1. The molecule has 2 N–H and O–H groups in total. The fourth-order valence-corrected chi connectivity index (χ4v) is 3.49. The Kier molecular flexibility index (Phi) is 5.60. The predicted molar refractivity (Wildman–Crippen MR) is 102 cm³/mol. The molecule has 0 bridgehead atoms. The summed E-state index contributed by atoms with van der Waals surface area (Å²) in [6.45, 7) is 3.17. The van der Waals surface area contributed by atoms with E-state index in [2.05, 4.69) is 5.32 Å². The molecule has 1 aromatic carbocycles. The smallest absolute Gasteiger partial charge is 0.330 e. The Balaban J connectivity index is 1.97. The second-order valence-electron chi connectivity index (χ2n) is 6.73. The molecule has 0 aromatic heterocycles. The Hall–Kier alpha value is -3.30. The zero-order chi connectivity index (χ0) is 22.1. The summed E-state index contributed by atoms with van der Waals surface area (Å²) < 4.78 is 15.6. The van der Waals surface area contributed by atoms with Gasteiger partial charge in [-0.3, -0.25) is 14.4 Å². The summed E-state index contributed by atoms with van der Waals surface area (Å²) in [5.41, 5.74) is -4.48. The van der Waals surface area contributed by atoms with Crippen LogP contribution in [0.25, 0.3) is 0 Å². The van der Waals surface area contributed by atoms with Gasteiger partial charge < -0.3 is 24.6 Å². The molecule has 2 aliphatic heterocycles. The number of carbonyl (C=O) groups is 4. The maximum atomic E-state index is 13.1. The maximum absolute atomic E-state index is 13.1. The maximum Gasteiger partial charge on any atom is 0.330 e. The van der Waals surface area contributed by atoms with E-state index in [0.29, 0.717) is 0 Å². The number of Topliss-reactive ketones (excluding diaryl/α,β-unsaturated/α-hetero) is 2. The Bertz CT molecular complexity index is 966. The second kappa shape index (κ2) is 7.85. The molecule has 3 atom stereocenters. The van der Waals surface area contributed by atoms with Gasteiger partial charge in [-0.15, -0.1) is 0 Å². The number of ketones is 2. The monoisotopic (exact) mass is 415 g/mol. The number of hydrogen-bond donors (Lipinski definition) is 2. The number of rotatable bonds is 6. The molecule has 1 aromatic rings. The zero-order valence-electron chi connectivity index (χ0n) is 16.6. The third-order valence-corrected chi connectivity index (χ3v) is 5.08. The summed E-state index contributed by atoms with van der Waals surface area (Å²) in [6.07, 6.45) is 0.212. The van der Waals surface area contributed by atoms with Gasteiger partial charge in [0.15, 0.2) is 6.10 Å². The van der Waals surface area contributed by atoms with Crippen LogP contribution in [0.4, 0.5) is 0 Å². The molecule has 30 heavy (non-hydrogen) atoms. The SMILES string of the molecule is CCOC(=O)/C=C\C1=C(C)C(=O)[C@]2(O1)C(=O)N[C@@](OC)(C(=O)c1ccccc1)[C@@H]2O. The van der Waals surface area contributed by atoms with Crippen LogP contribution in [0.2, 0.25) is 0 Å². The molecule has 158 valence electrons. The summed E-state index contributed by atoms with van der Waals surface area (Å²) >= 11 is 0. The minimum absolute atomic E-state index is 0.00353. The minimum Gasteiger partial charge on any atom is -0.466 e. The Morgan fingerprint density at radius 1 is 1.27 bits per heavy atom. The van der Waals surface area contributed by atoms with Crippen molar-refractivity contribution in [2.24, 2.45) is 0 Å². The van der Waals surface area contributed by atoms with E-state index in [-0.39, 0.29) is 23.5 Å². The van der Waals surface area contributed by atoms with Crippen LogP contribution in [0.5, 0.6) is 0 Å². The molecule has 0 unspecified atom stereocenters. The zero-order valence-corrected chi connectivity index (χ0v) is 16.6. The number of amides is 1. The summed E-state index contributed by atoms with van der Waals surface area (Å²) in [5, 5.41) is 13.3. The number of esters is 1. The van der Waals surface area contributed by atoms with Gasteiger partial charge in [0, 0.05) is 24.3 Å². The minimum atomic E-state index is -2.42. The topological polar surface area (TPSA) is 128 Å². The lowest BCUT2D eigenvalue weighted by molar-refractivity contribution is -0.159. The van der Waals surface area contributed by atoms with Crippen LogP contribution < -0.4 is 5.32 Å². The van der Waals surface area contributed by atoms with Crippen molar-refractivity contribution in [2.75, 3.05) is 13.7 Å². The molecule has 2 aliphatic rings. The molecule has 0 aliphatic carbocycles. The average molecular weight is 415 g/mol. The molecule has 0 radical (unpaired) electrons. The molecule has 9 nitrogen and oxygen atoms in total. The van der Waals surface area contributed by atoms with E-state index in [9.17, 15) is 24.3 Å². The van der Waals surface area contributed by atoms with Gasteiger partial charge in [-0.05, 0) is 19.9 Å². The van der Waals surface area contributed by atoms with Crippen molar-refractivity contribution in [3.8, 4) is 0 Å². The molecule has 2 heterocycles. The lowest BCUT2D eigenvalue weighted by atomic mass is 9.85. The van der Waals surface area contributed by atoms with Crippen molar-refractivity contribution in [1.82, 2.24) is 5.32 Å². The molecule has 1 spiro atoms.